The first-order valence-electron chi connectivity index (χ1n) is 5.03. The maximum Gasteiger partial charge on any atom is 0.255 e. The Morgan fingerprint density at radius 1 is 1.53 bits per heavy atom. The van der Waals surface area contributed by atoms with Crippen molar-refractivity contribution >= 4 is 11.6 Å². The van der Waals surface area contributed by atoms with Crippen LogP contribution in [-0.4, -0.2) is 19.1 Å². The van der Waals surface area contributed by atoms with Crippen molar-refractivity contribution in [2.75, 3.05) is 18.5 Å². The highest BCUT2D eigenvalue weighted by Crippen LogP contribution is 2.26. The lowest BCUT2D eigenvalue weighted by molar-refractivity contribution is -0.119. The first-order chi connectivity index (χ1) is 7.25. The molecule has 0 saturated heterocycles. The number of ether oxygens (including phenoxy) is 1. The quantitative estimate of drug-likeness (QED) is 0.772. The highest BCUT2D eigenvalue weighted by molar-refractivity contribution is 5.75. The SMILES string of the molecule is NC(=O)COc1ccc2c(c1)CCCN2. The Morgan fingerprint density at radius 3 is 3.20 bits per heavy atom. The van der Waals surface area contributed by atoms with E-state index >= 15 is 0 Å². The summed E-state index contributed by atoms with van der Waals surface area (Å²) in [6.45, 7) is 0.959. The molecule has 0 unspecified atom stereocenters. The number of nitrogens with one attached hydrogen (secondary N) is 1. The summed E-state index contributed by atoms with van der Waals surface area (Å²) < 4.78 is 5.23. The fourth-order valence-electron chi connectivity index (χ4n) is 1.70. The normalized spacial score (nSPS) is 13.9. The Balaban J connectivity index is 2.10. The van der Waals surface area contributed by atoms with Gasteiger partial charge in [0, 0.05) is 12.2 Å². The van der Waals surface area contributed by atoms with Crippen LogP contribution in [0.2, 0.25) is 0 Å². The number of hydrogen-bond acceptors (Lipinski definition) is 3. The second kappa shape index (κ2) is 4.21. The number of fused-ring (bicyclic) bond motifs is 1. The van der Waals surface area contributed by atoms with Crippen molar-refractivity contribution in [1.82, 2.24) is 0 Å². The van der Waals surface area contributed by atoms with Gasteiger partial charge in [-0.2, -0.15) is 0 Å². The molecule has 0 spiro atoms. The van der Waals surface area contributed by atoms with Gasteiger partial charge in [0.15, 0.2) is 6.61 Å². The van der Waals surface area contributed by atoms with Crippen LogP contribution < -0.4 is 15.8 Å². The van der Waals surface area contributed by atoms with Gasteiger partial charge in [-0.15, -0.1) is 0 Å². The number of nitrogens with two attached hydrogens (primary N) is 1. The number of benzene rings is 1. The zero-order valence-electron chi connectivity index (χ0n) is 8.45. The summed E-state index contributed by atoms with van der Waals surface area (Å²) in [5.41, 5.74) is 7.40. The molecule has 15 heavy (non-hydrogen) atoms. The monoisotopic (exact) mass is 206 g/mol. The molecule has 1 heterocycles. The third-order valence-corrected chi connectivity index (χ3v) is 2.40. The number of carbonyl (C=O) groups is 1. The third-order valence-electron chi connectivity index (χ3n) is 2.40. The molecule has 0 aromatic heterocycles. The smallest absolute Gasteiger partial charge is 0.255 e. The summed E-state index contributed by atoms with van der Waals surface area (Å²) >= 11 is 0. The van der Waals surface area contributed by atoms with Gasteiger partial charge in [-0.1, -0.05) is 0 Å². The number of rotatable bonds is 3. The second-order valence-corrected chi connectivity index (χ2v) is 3.60. The number of anilines is 1. The average Bonchev–Trinajstić information content (AvgIpc) is 2.26. The molecular formula is C11H14N2O2. The van der Waals surface area contributed by atoms with Crippen LogP contribution in [0.5, 0.6) is 5.75 Å². The topological polar surface area (TPSA) is 64.4 Å². The van der Waals surface area contributed by atoms with Crippen LogP contribution in [0, 0.1) is 0 Å². The molecule has 2 rings (SSSR count). The Hall–Kier alpha value is -1.71. The standard InChI is InChI=1S/C11H14N2O2/c12-11(14)7-15-9-3-4-10-8(6-9)2-1-5-13-10/h3-4,6,13H,1-2,5,7H2,(H2,12,14). The van der Waals surface area contributed by atoms with Crippen LogP contribution in [0.3, 0.4) is 0 Å². The molecule has 1 aliphatic heterocycles. The van der Waals surface area contributed by atoms with Crippen molar-refractivity contribution in [2.24, 2.45) is 5.73 Å². The average molecular weight is 206 g/mol. The Morgan fingerprint density at radius 2 is 2.40 bits per heavy atom. The van der Waals surface area contributed by atoms with E-state index in [0.29, 0.717) is 5.75 Å². The zero-order valence-corrected chi connectivity index (χ0v) is 8.45. The van der Waals surface area contributed by atoms with Crippen molar-refractivity contribution in [3.05, 3.63) is 23.8 Å². The summed E-state index contributed by atoms with van der Waals surface area (Å²) in [4.78, 5) is 10.5. The van der Waals surface area contributed by atoms with E-state index in [9.17, 15) is 4.79 Å². The number of amides is 1. The molecule has 0 fully saturated rings. The van der Waals surface area contributed by atoms with E-state index in [1.54, 1.807) is 0 Å². The number of carbonyl (C=O) groups excluding carboxylic acids is 1. The molecule has 1 aromatic carbocycles. The molecule has 0 radical (unpaired) electrons. The van der Waals surface area contributed by atoms with Gasteiger partial charge in [0.2, 0.25) is 0 Å². The van der Waals surface area contributed by atoms with Crippen LogP contribution in [0.4, 0.5) is 5.69 Å². The second-order valence-electron chi connectivity index (χ2n) is 3.60. The number of primary amides is 1. The van der Waals surface area contributed by atoms with E-state index in [2.05, 4.69) is 5.32 Å². The lowest BCUT2D eigenvalue weighted by Crippen LogP contribution is -2.20. The Kier molecular flexibility index (Phi) is 2.76. The zero-order chi connectivity index (χ0) is 10.7. The van der Waals surface area contributed by atoms with Crippen LogP contribution in [-0.2, 0) is 11.2 Å². The molecule has 1 amide bonds. The molecule has 0 aliphatic carbocycles. The summed E-state index contributed by atoms with van der Waals surface area (Å²) in [6, 6.07) is 5.79. The van der Waals surface area contributed by atoms with Gasteiger partial charge in [0.25, 0.3) is 5.91 Å². The lowest BCUT2D eigenvalue weighted by atomic mass is 10.0. The predicted molar refractivity (Wildman–Crippen MR) is 57.9 cm³/mol. The van der Waals surface area contributed by atoms with Crippen molar-refractivity contribution < 1.29 is 9.53 Å². The third kappa shape index (κ3) is 2.40. The van der Waals surface area contributed by atoms with Crippen molar-refractivity contribution in [1.29, 1.82) is 0 Å². The minimum atomic E-state index is -0.453. The summed E-state index contributed by atoms with van der Waals surface area (Å²) in [7, 11) is 0. The largest absolute Gasteiger partial charge is 0.484 e. The summed E-state index contributed by atoms with van der Waals surface area (Å²) in [5.74, 6) is 0.252. The van der Waals surface area contributed by atoms with E-state index in [-0.39, 0.29) is 6.61 Å². The maximum absolute atomic E-state index is 10.5. The maximum atomic E-state index is 10.5. The summed E-state index contributed by atoms with van der Waals surface area (Å²) in [6.07, 6.45) is 2.18. The van der Waals surface area contributed by atoms with Crippen LogP contribution >= 0.6 is 0 Å². The molecule has 1 aliphatic rings. The molecule has 0 saturated carbocycles. The number of hydrogen-bond donors (Lipinski definition) is 2. The molecule has 3 N–H and O–H groups in total. The van der Waals surface area contributed by atoms with Crippen LogP contribution in [0.1, 0.15) is 12.0 Å². The number of aryl methyl sites for hydroxylation is 1. The fourth-order valence-corrected chi connectivity index (χ4v) is 1.70. The highest BCUT2D eigenvalue weighted by Gasteiger charge is 2.09. The van der Waals surface area contributed by atoms with Gasteiger partial charge in [0.1, 0.15) is 5.75 Å². The Labute approximate surface area is 88.4 Å². The van der Waals surface area contributed by atoms with Crippen molar-refractivity contribution in [3.63, 3.8) is 0 Å². The molecular weight excluding hydrogens is 192 g/mol. The predicted octanol–water partition coefficient (Wildman–Crippen LogP) is 0.909. The van der Waals surface area contributed by atoms with Crippen molar-refractivity contribution in [2.45, 2.75) is 12.8 Å². The fraction of sp³-hybridized carbons (Fsp3) is 0.364. The van der Waals surface area contributed by atoms with E-state index in [0.717, 1.165) is 25.1 Å². The molecule has 4 heteroatoms. The minimum absolute atomic E-state index is 0.0633. The van der Waals surface area contributed by atoms with Gasteiger partial charge in [-0.05, 0) is 36.6 Å². The van der Waals surface area contributed by atoms with E-state index < -0.39 is 5.91 Å². The Bertz CT molecular complexity index is 377. The molecule has 0 atom stereocenters. The molecule has 80 valence electrons. The van der Waals surface area contributed by atoms with Gasteiger partial charge < -0.3 is 15.8 Å². The van der Waals surface area contributed by atoms with Gasteiger partial charge in [-0.3, -0.25) is 4.79 Å². The first-order valence-corrected chi connectivity index (χ1v) is 5.03. The van der Waals surface area contributed by atoms with Gasteiger partial charge in [-0.25, -0.2) is 0 Å². The van der Waals surface area contributed by atoms with Crippen LogP contribution in [0.15, 0.2) is 18.2 Å². The first kappa shape index (κ1) is 9.83. The van der Waals surface area contributed by atoms with E-state index in [1.165, 1.54) is 5.56 Å². The minimum Gasteiger partial charge on any atom is -0.484 e. The van der Waals surface area contributed by atoms with Gasteiger partial charge in [0.05, 0.1) is 0 Å². The summed E-state index contributed by atoms with van der Waals surface area (Å²) in [5, 5.41) is 3.31. The van der Waals surface area contributed by atoms with E-state index in [4.69, 9.17) is 10.5 Å². The highest BCUT2D eigenvalue weighted by atomic mass is 16.5. The molecule has 0 bridgehead atoms. The molecule has 4 nitrogen and oxygen atoms in total. The van der Waals surface area contributed by atoms with Crippen LogP contribution in [0.25, 0.3) is 0 Å². The van der Waals surface area contributed by atoms with Gasteiger partial charge >= 0.3 is 0 Å². The lowest BCUT2D eigenvalue weighted by Gasteiger charge is -2.18. The molecule has 1 aromatic rings. The van der Waals surface area contributed by atoms with E-state index in [1.807, 2.05) is 18.2 Å². The van der Waals surface area contributed by atoms with Crippen molar-refractivity contribution in [3.8, 4) is 5.75 Å².